The summed E-state index contributed by atoms with van der Waals surface area (Å²) >= 11 is 0. The highest BCUT2D eigenvalue weighted by atomic mass is 16.5. The number of carbonyl (C=O) groups is 2. The SMILES string of the molecule is CCN(CCn1cccn1)C(=O)[C@@H]1CCC(=O)N(CCN2CCOCC2)C1. The van der Waals surface area contributed by atoms with Gasteiger partial charge in [-0.1, -0.05) is 0 Å². The summed E-state index contributed by atoms with van der Waals surface area (Å²) in [7, 11) is 0. The summed E-state index contributed by atoms with van der Waals surface area (Å²) in [5, 5.41) is 4.20. The van der Waals surface area contributed by atoms with Crippen LogP contribution < -0.4 is 0 Å². The van der Waals surface area contributed by atoms with E-state index in [0.717, 1.165) is 32.8 Å². The van der Waals surface area contributed by atoms with Crippen LogP contribution in [-0.4, -0.2) is 95.3 Å². The van der Waals surface area contributed by atoms with Gasteiger partial charge in [0.15, 0.2) is 0 Å². The van der Waals surface area contributed by atoms with E-state index in [0.29, 0.717) is 45.6 Å². The molecule has 1 aromatic heterocycles. The lowest BCUT2D eigenvalue weighted by Gasteiger charge is -2.36. The van der Waals surface area contributed by atoms with Crippen LogP contribution in [0.25, 0.3) is 0 Å². The third kappa shape index (κ3) is 5.52. The smallest absolute Gasteiger partial charge is 0.227 e. The van der Waals surface area contributed by atoms with E-state index in [9.17, 15) is 9.59 Å². The van der Waals surface area contributed by atoms with Crippen molar-refractivity contribution in [2.24, 2.45) is 5.92 Å². The molecule has 0 saturated carbocycles. The van der Waals surface area contributed by atoms with E-state index in [1.54, 1.807) is 6.20 Å². The summed E-state index contributed by atoms with van der Waals surface area (Å²) in [5.74, 6) is 0.241. The molecule has 2 aliphatic heterocycles. The number of hydrogen-bond acceptors (Lipinski definition) is 5. The fraction of sp³-hybridized carbons (Fsp3) is 0.737. The Balaban J connectivity index is 1.50. The van der Waals surface area contributed by atoms with E-state index in [4.69, 9.17) is 4.74 Å². The highest BCUT2D eigenvalue weighted by molar-refractivity contribution is 5.83. The van der Waals surface area contributed by atoms with Gasteiger partial charge in [0.25, 0.3) is 0 Å². The highest BCUT2D eigenvalue weighted by Crippen LogP contribution is 2.20. The average molecular weight is 377 g/mol. The molecule has 0 spiro atoms. The molecule has 0 aromatic carbocycles. The number of aromatic nitrogens is 2. The summed E-state index contributed by atoms with van der Waals surface area (Å²) < 4.78 is 7.21. The van der Waals surface area contributed by atoms with Gasteiger partial charge in [0, 0.05) is 64.6 Å². The van der Waals surface area contributed by atoms with Gasteiger partial charge in [-0.15, -0.1) is 0 Å². The van der Waals surface area contributed by atoms with Crippen molar-refractivity contribution in [1.29, 1.82) is 0 Å². The predicted molar refractivity (Wildman–Crippen MR) is 101 cm³/mol. The number of likely N-dealkylation sites (N-methyl/N-ethyl adjacent to an activating group) is 1. The minimum Gasteiger partial charge on any atom is -0.379 e. The van der Waals surface area contributed by atoms with Gasteiger partial charge in [-0.2, -0.15) is 5.10 Å². The van der Waals surface area contributed by atoms with Crippen molar-refractivity contribution in [3.63, 3.8) is 0 Å². The van der Waals surface area contributed by atoms with Gasteiger partial charge in [0.2, 0.25) is 11.8 Å². The first-order valence-electron chi connectivity index (χ1n) is 10.0. The highest BCUT2D eigenvalue weighted by Gasteiger charge is 2.32. The van der Waals surface area contributed by atoms with Crippen LogP contribution in [0.5, 0.6) is 0 Å². The molecule has 2 fully saturated rings. The number of piperidine rings is 1. The number of amides is 2. The van der Waals surface area contributed by atoms with Gasteiger partial charge in [-0.3, -0.25) is 19.2 Å². The first kappa shape index (κ1) is 19.8. The Morgan fingerprint density at radius 1 is 1.30 bits per heavy atom. The normalized spacial score (nSPS) is 21.4. The second kappa shape index (κ2) is 9.85. The average Bonchev–Trinajstić information content (AvgIpc) is 3.22. The molecule has 8 heteroatoms. The topological polar surface area (TPSA) is 70.9 Å². The molecule has 8 nitrogen and oxygen atoms in total. The zero-order valence-corrected chi connectivity index (χ0v) is 16.3. The number of rotatable bonds is 8. The Morgan fingerprint density at radius 3 is 2.81 bits per heavy atom. The second-order valence-electron chi connectivity index (χ2n) is 7.22. The summed E-state index contributed by atoms with van der Waals surface area (Å²) in [6.45, 7) is 9.48. The van der Waals surface area contributed by atoms with E-state index in [1.165, 1.54) is 0 Å². The maximum atomic E-state index is 13.0. The van der Waals surface area contributed by atoms with Crippen LogP contribution in [0.4, 0.5) is 0 Å². The van der Waals surface area contributed by atoms with Gasteiger partial charge < -0.3 is 14.5 Å². The molecule has 2 saturated heterocycles. The van der Waals surface area contributed by atoms with E-state index >= 15 is 0 Å². The van der Waals surface area contributed by atoms with Crippen LogP contribution in [0.15, 0.2) is 18.5 Å². The van der Waals surface area contributed by atoms with Crippen LogP contribution in [0, 0.1) is 5.92 Å². The Hall–Kier alpha value is -1.93. The van der Waals surface area contributed by atoms with Gasteiger partial charge >= 0.3 is 0 Å². The van der Waals surface area contributed by atoms with E-state index in [1.807, 2.05) is 33.7 Å². The first-order valence-corrected chi connectivity index (χ1v) is 10.0. The molecule has 0 aliphatic carbocycles. The minimum absolute atomic E-state index is 0.0926. The van der Waals surface area contributed by atoms with Gasteiger partial charge in [0.1, 0.15) is 0 Å². The zero-order valence-electron chi connectivity index (χ0n) is 16.3. The van der Waals surface area contributed by atoms with Crippen LogP contribution in [0.2, 0.25) is 0 Å². The fourth-order valence-corrected chi connectivity index (χ4v) is 3.76. The van der Waals surface area contributed by atoms with Crippen LogP contribution in [-0.2, 0) is 20.9 Å². The van der Waals surface area contributed by atoms with Gasteiger partial charge in [0.05, 0.1) is 25.7 Å². The number of carbonyl (C=O) groups excluding carboxylic acids is 2. The molecule has 3 rings (SSSR count). The maximum Gasteiger partial charge on any atom is 0.227 e. The van der Waals surface area contributed by atoms with Crippen LogP contribution in [0.1, 0.15) is 19.8 Å². The Morgan fingerprint density at radius 2 is 2.11 bits per heavy atom. The number of morpholine rings is 1. The molecule has 27 heavy (non-hydrogen) atoms. The molecule has 0 bridgehead atoms. The Labute approximate surface area is 161 Å². The van der Waals surface area contributed by atoms with E-state index in [2.05, 4.69) is 10.00 Å². The largest absolute Gasteiger partial charge is 0.379 e. The minimum atomic E-state index is -0.0926. The molecular formula is C19H31N5O3. The standard InChI is InChI=1S/C19H31N5O3/c1-2-22(10-11-24-7-3-6-20-24)19(26)17-4-5-18(25)23(16-17)9-8-21-12-14-27-15-13-21/h3,6-7,17H,2,4-5,8-16H2,1H3/t17-/m1/s1. The van der Waals surface area contributed by atoms with Gasteiger partial charge in [-0.05, 0) is 19.4 Å². The molecule has 3 heterocycles. The van der Waals surface area contributed by atoms with Crippen LogP contribution >= 0.6 is 0 Å². The van der Waals surface area contributed by atoms with Crippen molar-refractivity contribution >= 4 is 11.8 Å². The van der Waals surface area contributed by atoms with Gasteiger partial charge in [-0.25, -0.2) is 0 Å². The Kier molecular flexibility index (Phi) is 7.23. The third-order valence-electron chi connectivity index (χ3n) is 5.49. The molecular weight excluding hydrogens is 346 g/mol. The summed E-state index contributed by atoms with van der Waals surface area (Å²) in [6.07, 6.45) is 4.78. The van der Waals surface area contributed by atoms with Crippen molar-refractivity contribution < 1.29 is 14.3 Å². The summed E-state index contributed by atoms with van der Waals surface area (Å²) in [4.78, 5) is 31.4. The number of hydrogen-bond donors (Lipinski definition) is 0. The molecule has 1 aromatic rings. The lowest BCUT2D eigenvalue weighted by Crippen LogP contribution is -2.50. The van der Waals surface area contributed by atoms with Crippen molar-refractivity contribution in [3.8, 4) is 0 Å². The van der Waals surface area contributed by atoms with Crippen molar-refractivity contribution in [2.45, 2.75) is 26.3 Å². The number of ether oxygens (including phenoxy) is 1. The Bertz CT molecular complexity index is 600. The molecule has 2 aliphatic rings. The summed E-state index contributed by atoms with van der Waals surface area (Å²) in [6, 6.07) is 1.89. The molecule has 0 N–H and O–H groups in total. The monoisotopic (exact) mass is 377 g/mol. The number of likely N-dealkylation sites (tertiary alicyclic amines) is 1. The lowest BCUT2D eigenvalue weighted by molar-refractivity contribution is -0.143. The molecule has 0 radical (unpaired) electrons. The van der Waals surface area contributed by atoms with Crippen molar-refractivity contribution in [1.82, 2.24) is 24.5 Å². The number of nitrogens with zero attached hydrogens (tertiary/aromatic N) is 5. The van der Waals surface area contributed by atoms with Crippen LogP contribution in [0.3, 0.4) is 0 Å². The zero-order chi connectivity index (χ0) is 19.1. The quantitative estimate of drug-likeness (QED) is 0.652. The molecule has 2 amide bonds. The van der Waals surface area contributed by atoms with E-state index < -0.39 is 0 Å². The molecule has 0 unspecified atom stereocenters. The molecule has 1 atom stereocenters. The predicted octanol–water partition coefficient (Wildman–Crippen LogP) is 0.302. The summed E-state index contributed by atoms with van der Waals surface area (Å²) in [5.41, 5.74) is 0. The third-order valence-corrected chi connectivity index (χ3v) is 5.49. The van der Waals surface area contributed by atoms with E-state index in [-0.39, 0.29) is 17.7 Å². The maximum absolute atomic E-state index is 13.0. The fourth-order valence-electron chi connectivity index (χ4n) is 3.76. The van der Waals surface area contributed by atoms with Crippen molar-refractivity contribution in [3.05, 3.63) is 18.5 Å². The molecule has 150 valence electrons. The second-order valence-corrected chi connectivity index (χ2v) is 7.22. The first-order chi connectivity index (χ1) is 13.2. The van der Waals surface area contributed by atoms with Crippen molar-refractivity contribution in [2.75, 3.05) is 59.0 Å². The lowest BCUT2D eigenvalue weighted by atomic mass is 9.96.